The summed E-state index contributed by atoms with van der Waals surface area (Å²) >= 11 is 0. The topological polar surface area (TPSA) is 77.7 Å². The molecule has 1 aliphatic rings. The molecule has 0 saturated carbocycles. The first-order valence-corrected chi connectivity index (χ1v) is 7.61. The van der Waals surface area contributed by atoms with E-state index >= 15 is 0 Å². The molecule has 1 aliphatic heterocycles. The van der Waals surface area contributed by atoms with Crippen LogP contribution in [-0.2, 0) is 9.47 Å². The maximum atomic E-state index is 12.1. The minimum Gasteiger partial charge on any atom is -0.447 e. The van der Waals surface area contributed by atoms with Gasteiger partial charge in [0, 0.05) is 19.2 Å². The van der Waals surface area contributed by atoms with Gasteiger partial charge in [0.1, 0.15) is 12.6 Å². The van der Waals surface area contributed by atoms with Crippen LogP contribution in [0.15, 0.2) is 34.9 Å². The second kappa shape index (κ2) is 7.23. The van der Waals surface area contributed by atoms with Crippen LogP contribution in [0.25, 0.3) is 11.4 Å². The van der Waals surface area contributed by atoms with Crippen LogP contribution in [0.3, 0.4) is 0 Å². The number of amides is 1. The highest BCUT2D eigenvalue weighted by atomic mass is 16.6. The Hall–Kier alpha value is -2.41. The van der Waals surface area contributed by atoms with Gasteiger partial charge in [-0.15, -0.1) is 0 Å². The van der Waals surface area contributed by atoms with Gasteiger partial charge in [0.2, 0.25) is 11.7 Å². The van der Waals surface area contributed by atoms with E-state index in [2.05, 4.69) is 10.1 Å². The third-order valence-electron chi connectivity index (χ3n) is 3.76. The molecule has 1 aromatic carbocycles. The molecule has 3 rings (SSSR count). The SMILES string of the molecule is COCCOC(=O)N1CCCC1c1nc(-c2ccccc2)no1. The molecule has 122 valence electrons. The van der Waals surface area contributed by atoms with Gasteiger partial charge in [-0.05, 0) is 12.8 Å². The molecule has 1 aromatic heterocycles. The van der Waals surface area contributed by atoms with Gasteiger partial charge in [0.15, 0.2) is 0 Å². The van der Waals surface area contributed by atoms with Gasteiger partial charge in [-0.1, -0.05) is 35.5 Å². The van der Waals surface area contributed by atoms with E-state index in [1.807, 2.05) is 30.3 Å². The van der Waals surface area contributed by atoms with Crippen molar-refractivity contribution in [3.8, 4) is 11.4 Å². The number of likely N-dealkylation sites (tertiary alicyclic amines) is 1. The lowest BCUT2D eigenvalue weighted by molar-refractivity contribution is 0.0655. The molecule has 1 unspecified atom stereocenters. The lowest BCUT2D eigenvalue weighted by Crippen LogP contribution is -2.32. The van der Waals surface area contributed by atoms with E-state index in [1.54, 1.807) is 12.0 Å². The van der Waals surface area contributed by atoms with Crippen LogP contribution in [-0.4, -0.2) is 48.0 Å². The summed E-state index contributed by atoms with van der Waals surface area (Å²) in [6, 6.07) is 9.37. The number of rotatable bonds is 5. The molecule has 0 bridgehead atoms. The van der Waals surface area contributed by atoms with Crippen LogP contribution in [0, 0.1) is 0 Å². The lowest BCUT2D eigenvalue weighted by Gasteiger charge is -2.21. The van der Waals surface area contributed by atoms with Crippen molar-refractivity contribution in [2.75, 3.05) is 26.9 Å². The number of methoxy groups -OCH3 is 1. The van der Waals surface area contributed by atoms with Crippen LogP contribution in [0.1, 0.15) is 24.8 Å². The molecule has 1 fully saturated rings. The highest BCUT2D eigenvalue weighted by Gasteiger charge is 2.35. The molecule has 1 saturated heterocycles. The molecule has 2 aromatic rings. The lowest BCUT2D eigenvalue weighted by atomic mass is 10.2. The van der Waals surface area contributed by atoms with E-state index in [0.29, 0.717) is 24.9 Å². The maximum absolute atomic E-state index is 12.1. The Balaban J connectivity index is 1.71. The predicted octanol–water partition coefficient (Wildman–Crippen LogP) is 2.66. The quantitative estimate of drug-likeness (QED) is 0.789. The van der Waals surface area contributed by atoms with Crippen molar-refractivity contribution in [1.82, 2.24) is 15.0 Å². The molecule has 7 nitrogen and oxygen atoms in total. The van der Waals surface area contributed by atoms with Crippen molar-refractivity contribution in [3.05, 3.63) is 36.2 Å². The average Bonchev–Trinajstić information content (AvgIpc) is 3.25. The fourth-order valence-corrected chi connectivity index (χ4v) is 2.61. The van der Waals surface area contributed by atoms with Crippen LogP contribution < -0.4 is 0 Å². The van der Waals surface area contributed by atoms with Gasteiger partial charge in [0.25, 0.3) is 0 Å². The third kappa shape index (κ3) is 3.50. The van der Waals surface area contributed by atoms with Crippen LogP contribution in [0.4, 0.5) is 4.79 Å². The minimum absolute atomic E-state index is 0.227. The van der Waals surface area contributed by atoms with Gasteiger partial charge >= 0.3 is 6.09 Å². The normalized spacial score (nSPS) is 17.4. The van der Waals surface area contributed by atoms with Crippen molar-refractivity contribution in [2.45, 2.75) is 18.9 Å². The minimum atomic E-state index is -0.371. The molecule has 0 N–H and O–H groups in total. The Morgan fingerprint density at radius 1 is 1.35 bits per heavy atom. The average molecular weight is 317 g/mol. The monoisotopic (exact) mass is 317 g/mol. The fourth-order valence-electron chi connectivity index (χ4n) is 2.61. The van der Waals surface area contributed by atoms with Crippen LogP contribution in [0.5, 0.6) is 0 Å². The summed E-state index contributed by atoms with van der Waals surface area (Å²) in [7, 11) is 1.57. The third-order valence-corrected chi connectivity index (χ3v) is 3.76. The maximum Gasteiger partial charge on any atom is 0.410 e. The molecule has 0 radical (unpaired) electrons. The summed E-state index contributed by atoms with van der Waals surface area (Å²) in [5, 5.41) is 4.02. The molecule has 0 aliphatic carbocycles. The van der Waals surface area contributed by atoms with Crippen molar-refractivity contribution in [3.63, 3.8) is 0 Å². The van der Waals surface area contributed by atoms with Crippen LogP contribution in [0.2, 0.25) is 0 Å². The number of carbonyl (C=O) groups is 1. The number of ether oxygens (including phenoxy) is 2. The second-order valence-electron chi connectivity index (χ2n) is 5.28. The molecule has 0 spiro atoms. The Labute approximate surface area is 134 Å². The standard InChI is InChI=1S/C16H19N3O4/c1-21-10-11-22-16(20)19-9-5-8-13(19)15-17-14(18-23-15)12-6-3-2-4-7-12/h2-4,6-7,13H,5,8-11H2,1H3. The van der Waals surface area contributed by atoms with Crippen molar-refractivity contribution >= 4 is 6.09 Å². The number of hydrogen-bond donors (Lipinski definition) is 0. The molecular formula is C16H19N3O4. The number of nitrogens with zero attached hydrogens (tertiary/aromatic N) is 3. The number of hydrogen-bond acceptors (Lipinski definition) is 6. The van der Waals surface area contributed by atoms with Crippen molar-refractivity contribution in [2.24, 2.45) is 0 Å². The van der Waals surface area contributed by atoms with E-state index in [-0.39, 0.29) is 18.7 Å². The zero-order valence-corrected chi connectivity index (χ0v) is 13.0. The molecule has 2 heterocycles. The second-order valence-corrected chi connectivity index (χ2v) is 5.28. The summed E-state index contributed by atoms with van der Waals surface area (Å²) in [4.78, 5) is 18.2. The summed E-state index contributed by atoms with van der Waals surface area (Å²) in [6.45, 7) is 1.24. The van der Waals surface area contributed by atoms with Gasteiger partial charge in [0.05, 0.1) is 6.61 Å². The summed E-state index contributed by atoms with van der Waals surface area (Å²) < 4.78 is 15.4. The molecule has 23 heavy (non-hydrogen) atoms. The van der Waals surface area contributed by atoms with Gasteiger partial charge in [-0.2, -0.15) is 4.98 Å². The fraction of sp³-hybridized carbons (Fsp3) is 0.438. The summed E-state index contributed by atoms with van der Waals surface area (Å²) in [5.74, 6) is 0.977. The predicted molar refractivity (Wildman–Crippen MR) is 81.6 cm³/mol. The first-order valence-electron chi connectivity index (χ1n) is 7.61. The highest BCUT2D eigenvalue weighted by Crippen LogP contribution is 2.32. The number of aromatic nitrogens is 2. The molecule has 1 amide bonds. The van der Waals surface area contributed by atoms with E-state index in [1.165, 1.54) is 0 Å². The van der Waals surface area contributed by atoms with E-state index in [4.69, 9.17) is 14.0 Å². The largest absolute Gasteiger partial charge is 0.447 e. The van der Waals surface area contributed by atoms with Gasteiger partial charge < -0.3 is 14.0 Å². The Bertz CT molecular complexity index is 644. The van der Waals surface area contributed by atoms with E-state index in [9.17, 15) is 4.79 Å². The molecule has 1 atom stereocenters. The van der Waals surface area contributed by atoms with Gasteiger partial charge in [-0.25, -0.2) is 4.79 Å². The summed E-state index contributed by atoms with van der Waals surface area (Å²) in [6.07, 6.45) is 1.30. The number of benzene rings is 1. The van der Waals surface area contributed by atoms with E-state index in [0.717, 1.165) is 18.4 Å². The smallest absolute Gasteiger partial charge is 0.410 e. The number of carbonyl (C=O) groups excluding carboxylic acids is 1. The summed E-state index contributed by atoms with van der Waals surface area (Å²) in [5.41, 5.74) is 0.884. The molecule has 7 heteroatoms. The first-order chi connectivity index (χ1) is 11.3. The van der Waals surface area contributed by atoms with Crippen molar-refractivity contribution in [1.29, 1.82) is 0 Å². The zero-order valence-electron chi connectivity index (χ0n) is 13.0. The zero-order chi connectivity index (χ0) is 16.1. The Morgan fingerprint density at radius 3 is 2.96 bits per heavy atom. The first kappa shape index (κ1) is 15.5. The van der Waals surface area contributed by atoms with Crippen LogP contribution >= 0.6 is 0 Å². The van der Waals surface area contributed by atoms with Crippen molar-refractivity contribution < 1.29 is 18.8 Å². The molecular weight excluding hydrogens is 298 g/mol. The Kier molecular flexibility index (Phi) is 4.87. The van der Waals surface area contributed by atoms with Gasteiger partial charge in [-0.3, -0.25) is 4.90 Å². The van der Waals surface area contributed by atoms with E-state index < -0.39 is 0 Å². The Morgan fingerprint density at radius 2 is 2.17 bits per heavy atom. The highest BCUT2D eigenvalue weighted by molar-refractivity contribution is 5.68.